The lowest BCUT2D eigenvalue weighted by Crippen LogP contribution is -2.22. The minimum atomic E-state index is -0.357. The SMILES string of the molecule is CCc1cccc(CC)c1NC(=O)COC(=O)CCSc1ccc(C)cc1. The van der Waals surface area contributed by atoms with Crippen LogP contribution in [-0.2, 0) is 27.2 Å². The standard InChI is InChI=1S/C22H27NO3S/c1-4-17-7-6-8-18(5-2)22(17)23-20(24)15-26-21(25)13-14-27-19-11-9-16(3)10-12-19/h6-12H,4-5,13-15H2,1-3H3,(H,23,24). The average molecular weight is 386 g/mol. The van der Waals surface area contributed by atoms with E-state index in [1.165, 1.54) is 5.56 Å². The number of rotatable bonds is 9. The van der Waals surface area contributed by atoms with Crippen LogP contribution in [0.1, 0.15) is 37.0 Å². The van der Waals surface area contributed by atoms with E-state index < -0.39 is 0 Å². The summed E-state index contributed by atoms with van der Waals surface area (Å²) in [5.74, 6) is -0.0308. The third-order valence-corrected chi connectivity index (χ3v) is 5.24. The molecule has 2 aromatic carbocycles. The molecule has 2 aromatic rings. The van der Waals surface area contributed by atoms with Crippen LogP contribution in [0.3, 0.4) is 0 Å². The van der Waals surface area contributed by atoms with Crippen LogP contribution in [0, 0.1) is 6.92 Å². The summed E-state index contributed by atoms with van der Waals surface area (Å²) < 4.78 is 5.12. The highest BCUT2D eigenvalue weighted by atomic mass is 32.2. The van der Waals surface area contributed by atoms with Crippen molar-refractivity contribution in [1.82, 2.24) is 0 Å². The predicted octanol–water partition coefficient (Wildman–Crippen LogP) is 4.78. The molecule has 0 aliphatic carbocycles. The van der Waals surface area contributed by atoms with Gasteiger partial charge in [-0.3, -0.25) is 9.59 Å². The van der Waals surface area contributed by atoms with E-state index in [0.717, 1.165) is 34.6 Å². The van der Waals surface area contributed by atoms with Crippen molar-refractivity contribution in [2.75, 3.05) is 17.7 Å². The maximum absolute atomic E-state index is 12.2. The second kappa shape index (κ2) is 10.8. The molecule has 0 saturated carbocycles. The molecular formula is C22H27NO3S. The zero-order valence-electron chi connectivity index (χ0n) is 16.2. The topological polar surface area (TPSA) is 55.4 Å². The van der Waals surface area contributed by atoms with Gasteiger partial charge in [0.2, 0.25) is 0 Å². The molecule has 0 aromatic heterocycles. The first-order valence-corrected chi connectivity index (χ1v) is 10.3. The van der Waals surface area contributed by atoms with Gasteiger partial charge in [0.15, 0.2) is 6.61 Å². The molecule has 0 aliphatic heterocycles. The number of hydrogen-bond acceptors (Lipinski definition) is 4. The van der Waals surface area contributed by atoms with Gasteiger partial charge in [0.1, 0.15) is 0 Å². The van der Waals surface area contributed by atoms with Crippen LogP contribution in [-0.4, -0.2) is 24.2 Å². The first kappa shape index (κ1) is 21.0. The molecule has 5 heteroatoms. The number of hydrogen-bond donors (Lipinski definition) is 1. The Morgan fingerprint density at radius 1 is 1.00 bits per heavy atom. The second-order valence-electron chi connectivity index (χ2n) is 6.28. The molecule has 1 amide bonds. The molecule has 0 radical (unpaired) electrons. The van der Waals surface area contributed by atoms with Crippen LogP contribution >= 0.6 is 11.8 Å². The maximum atomic E-state index is 12.2. The third-order valence-electron chi connectivity index (χ3n) is 4.22. The van der Waals surface area contributed by atoms with Gasteiger partial charge in [0.25, 0.3) is 5.91 Å². The minimum Gasteiger partial charge on any atom is -0.456 e. The molecule has 2 rings (SSSR count). The molecule has 0 saturated heterocycles. The number of benzene rings is 2. The highest BCUT2D eigenvalue weighted by molar-refractivity contribution is 7.99. The molecule has 0 atom stereocenters. The first-order valence-electron chi connectivity index (χ1n) is 9.29. The summed E-state index contributed by atoms with van der Waals surface area (Å²) in [6.07, 6.45) is 1.94. The van der Waals surface area contributed by atoms with Gasteiger partial charge in [-0.05, 0) is 43.0 Å². The molecule has 0 spiro atoms. The molecule has 0 unspecified atom stereocenters. The first-order chi connectivity index (χ1) is 13.0. The van der Waals surface area contributed by atoms with Crippen molar-refractivity contribution in [1.29, 1.82) is 0 Å². The van der Waals surface area contributed by atoms with Gasteiger partial charge in [0.05, 0.1) is 6.42 Å². The van der Waals surface area contributed by atoms with Gasteiger partial charge in [0, 0.05) is 16.3 Å². The molecular weight excluding hydrogens is 358 g/mol. The molecule has 0 aliphatic rings. The van der Waals surface area contributed by atoms with E-state index in [2.05, 4.69) is 19.2 Å². The lowest BCUT2D eigenvalue weighted by atomic mass is 10.0. The highest BCUT2D eigenvalue weighted by Gasteiger charge is 2.12. The summed E-state index contributed by atoms with van der Waals surface area (Å²) in [5.41, 5.74) is 4.23. The van der Waals surface area contributed by atoms with E-state index in [4.69, 9.17) is 4.74 Å². The van der Waals surface area contributed by atoms with Crippen LogP contribution in [0.25, 0.3) is 0 Å². The highest BCUT2D eigenvalue weighted by Crippen LogP contribution is 2.22. The van der Waals surface area contributed by atoms with Gasteiger partial charge in [-0.2, -0.15) is 0 Å². The quantitative estimate of drug-likeness (QED) is 0.498. The van der Waals surface area contributed by atoms with E-state index in [1.54, 1.807) is 11.8 Å². The van der Waals surface area contributed by atoms with Crippen LogP contribution in [0.4, 0.5) is 5.69 Å². The van der Waals surface area contributed by atoms with Crippen molar-refractivity contribution in [2.24, 2.45) is 0 Å². The molecule has 0 heterocycles. The molecule has 0 bridgehead atoms. The van der Waals surface area contributed by atoms with Crippen molar-refractivity contribution in [2.45, 2.75) is 44.9 Å². The third kappa shape index (κ3) is 6.75. The van der Waals surface area contributed by atoms with E-state index in [-0.39, 0.29) is 24.9 Å². The van der Waals surface area contributed by atoms with Gasteiger partial charge >= 0.3 is 5.97 Å². The Bertz CT molecular complexity index is 749. The Kier molecular flexibility index (Phi) is 8.40. The van der Waals surface area contributed by atoms with Crippen molar-refractivity contribution >= 4 is 29.3 Å². The molecule has 4 nitrogen and oxygen atoms in total. The Morgan fingerprint density at radius 3 is 2.22 bits per heavy atom. The monoisotopic (exact) mass is 385 g/mol. The summed E-state index contributed by atoms with van der Waals surface area (Å²) in [4.78, 5) is 25.2. The summed E-state index contributed by atoms with van der Waals surface area (Å²) in [5, 5.41) is 2.90. The van der Waals surface area contributed by atoms with E-state index >= 15 is 0 Å². The number of anilines is 1. The number of aryl methyl sites for hydroxylation is 3. The van der Waals surface area contributed by atoms with Crippen LogP contribution in [0.15, 0.2) is 47.4 Å². The van der Waals surface area contributed by atoms with E-state index in [1.807, 2.05) is 49.4 Å². The van der Waals surface area contributed by atoms with Crippen molar-refractivity contribution in [3.8, 4) is 0 Å². The lowest BCUT2D eigenvalue weighted by Gasteiger charge is -2.14. The van der Waals surface area contributed by atoms with Crippen LogP contribution < -0.4 is 5.32 Å². The van der Waals surface area contributed by atoms with Crippen molar-refractivity contribution in [3.63, 3.8) is 0 Å². The Morgan fingerprint density at radius 2 is 1.63 bits per heavy atom. The molecule has 1 N–H and O–H groups in total. The molecule has 27 heavy (non-hydrogen) atoms. The fourth-order valence-electron chi connectivity index (χ4n) is 2.68. The molecule has 144 valence electrons. The van der Waals surface area contributed by atoms with Gasteiger partial charge in [-0.1, -0.05) is 49.7 Å². The van der Waals surface area contributed by atoms with E-state index in [0.29, 0.717) is 5.75 Å². The number of esters is 1. The van der Waals surface area contributed by atoms with Crippen molar-refractivity contribution in [3.05, 3.63) is 59.2 Å². The van der Waals surface area contributed by atoms with Crippen molar-refractivity contribution < 1.29 is 14.3 Å². The number of thioether (sulfide) groups is 1. The Balaban J connectivity index is 1.76. The number of amides is 1. The summed E-state index contributed by atoms with van der Waals surface area (Å²) >= 11 is 1.60. The lowest BCUT2D eigenvalue weighted by molar-refractivity contribution is -0.146. The fraction of sp³-hybridized carbons (Fsp3) is 0.364. The smallest absolute Gasteiger partial charge is 0.307 e. The number of carbonyl (C=O) groups is 2. The second-order valence-corrected chi connectivity index (χ2v) is 7.45. The largest absolute Gasteiger partial charge is 0.456 e. The Labute approximate surface area is 165 Å². The number of ether oxygens (including phenoxy) is 1. The number of nitrogens with one attached hydrogen (secondary N) is 1. The Hall–Kier alpha value is -2.27. The number of carbonyl (C=O) groups excluding carboxylic acids is 2. The summed E-state index contributed by atoms with van der Waals surface area (Å²) in [7, 11) is 0. The van der Waals surface area contributed by atoms with Gasteiger partial charge in [-0.15, -0.1) is 11.8 Å². The van der Waals surface area contributed by atoms with Gasteiger partial charge < -0.3 is 10.1 Å². The fourth-order valence-corrected chi connectivity index (χ4v) is 3.52. The molecule has 0 fully saturated rings. The zero-order chi connectivity index (χ0) is 19.6. The van der Waals surface area contributed by atoms with Crippen LogP contribution in [0.5, 0.6) is 0 Å². The maximum Gasteiger partial charge on any atom is 0.307 e. The van der Waals surface area contributed by atoms with Gasteiger partial charge in [-0.25, -0.2) is 0 Å². The normalized spacial score (nSPS) is 10.5. The average Bonchev–Trinajstić information content (AvgIpc) is 2.68. The predicted molar refractivity (Wildman–Crippen MR) is 111 cm³/mol. The van der Waals surface area contributed by atoms with E-state index in [9.17, 15) is 9.59 Å². The number of para-hydroxylation sites is 1. The minimum absolute atomic E-state index is 0.255. The zero-order valence-corrected chi connectivity index (χ0v) is 17.0. The summed E-state index contributed by atoms with van der Waals surface area (Å²) in [6, 6.07) is 14.2. The van der Waals surface area contributed by atoms with Crippen LogP contribution in [0.2, 0.25) is 0 Å². The summed E-state index contributed by atoms with van der Waals surface area (Å²) in [6.45, 7) is 5.89.